The van der Waals surface area contributed by atoms with Gasteiger partial charge >= 0.3 is 0 Å². The molecule has 2 aromatic heterocycles. The zero-order valence-electron chi connectivity index (χ0n) is 12.3. The summed E-state index contributed by atoms with van der Waals surface area (Å²) < 4.78 is 0. The fourth-order valence-corrected chi connectivity index (χ4v) is 2.10. The lowest BCUT2D eigenvalue weighted by Crippen LogP contribution is -2.41. The third-order valence-electron chi connectivity index (χ3n) is 3.31. The summed E-state index contributed by atoms with van der Waals surface area (Å²) in [6.45, 7) is 3.40. The summed E-state index contributed by atoms with van der Waals surface area (Å²) >= 11 is 0. The molecule has 3 rings (SSSR count). The second-order valence-corrected chi connectivity index (χ2v) is 4.91. The predicted octanol–water partition coefficient (Wildman–Crippen LogP) is 1.46. The first-order valence-corrected chi connectivity index (χ1v) is 7.30. The lowest BCUT2D eigenvalue weighted by molar-refractivity contribution is 0.141. The van der Waals surface area contributed by atoms with Crippen molar-refractivity contribution in [1.82, 2.24) is 20.0 Å². The summed E-state index contributed by atoms with van der Waals surface area (Å²) in [5.41, 5.74) is 1.75. The first kappa shape index (κ1) is 14.2. The third-order valence-corrected chi connectivity index (χ3v) is 3.31. The van der Waals surface area contributed by atoms with Gasteiger partial charge in [0.2, 0.25) is 0 Å². The average Bonchev–Trinajstić information content (AvgIpc) is 2.61. The molecule has 0 aromatic carbocycles. The summed E-state index contributed by atoms with van der Waals surface area (Å²) in [6, 6.07) is 11.6. The molecule has 1 aliphatic heterocycles. The third kappa shape index (κ3) is 4.12. The van der Waals surface area contributed by atoms with Gasteiger partial charge in [0, 0.05) is 12.4 Å². The second-order valence-electron chi connectivity index (χ2n) is 4.91. The molecule has 2 aromatic rings. The van der Waals surface area contributed by atoms with E-state index < -0.39 is 0 Å². The summed E-state index contributed by atoms with van der Waals surface area (Å²) in [5.74, 6) is 0. The number of piperazine rings is 1. The molecule has 0 saturated carbocycles. The van der Waals surface area contributed by atoms with Gasteiger partial charge in [-0.1, -0.05) is 12.1 Å². The highest BCUT2D eigenvalue weighted by Gasteiger charge is 2.12. The van der Waals surface area contributed by atoms with Crippen molar-refractivity contribution in [3.05, 3.63) is 60.2 Å². The minimum atomic E-state index is 0.850. The van der Waals surface area contributed by atoms with Crippen LogP contribution in [0.25, 0.3) is 0 Å². The maximum absolute atomic E-state index is 4.46. The molecular formula is C16H18N6. The molecule has 0 unspecified atom stereocenters. The summed E-state index contributed by atoms with van der Waals surface area (Å²) in [6.07, 6.45) is 7.14. The van der Waals surface area contributed by atoms with E-state index in [1.54, 1.807) is 24.8 Å². The molecule has 22 heavy (non-hydrogen) atoms. The standard InChI is InChI=1S/C16H18N6/c1-3-7-17-15(5-1)13-19-21-9-11-22(12-10-21)20-14-16-6-2-4-8-18-16/h1-8,13-14H,9-12H2/b19-13+,20-14+. The minimum absolute atomic E-state index is 0.850. The Hall–Kier alpha value is -2.76. The summed E-state index contributed by atoms with van der Waals surface area (Å²) in [7, 11) is 0. The zero-order valence-corrected chi connectivity index (χ0v) is 12.3. The van der Waals surface area contributed by atoms with Crippen LogP contribution in [0.2, 0.25) is 0 Å². The van der Waals surface area contributed by atoms with Crippen LogP contribution in [0, 0.1) is 0 Å². The van der Waals surface area contributed by atoms with E-state index in [2.05, 4.69) is 20.2 Å². The molecule has 0 aliphatic carbocycles. The molecule has 6 nitrogen and oxygen atoms in total. The van der Waals surface area contributed by atoms with E-state index in [0.29, 0.717) is 0 Å². The predicted molar refractivity (Wildman–Crippen MR) is 86.8 cm³/mol. The topological polar surface area (TPSA) is 57.0 Å². The van der Waals surface area contributed by atoms with Crippen LogP contribution in [0.1, 0.15) is 11.4 Å². The monoisotopic (exact) mass is 294 g/mol. The van der Waals surface area contributed by atoms with Gasteiger partial charge in [0.25, 0.3) is 0 Å². The number of aromatic nitrogens is 2. The zero-order chi connectivity index (χ0) is 15.0. The van der Waals surface area contributed by atoms with Gasteiger partial charge in [-0.3, -0.25) is 20.0 Å². The van der Waals surface area contributed by atoms with Gasteiger partial charge in [0.1, 0.15) is 0 Å². The molecule has 3 heterocycles. The van der Waals surface area contributed by atoms with Crippen molar-refractivity contribution in [2.75, 3.05) is 26.2 Å². The number of hydrazone groups is 2. The molecule has 0 amide bonds. The van der Waals surface area contributed by atoms with Gasteiger partial charge in [-0.15, -0.1) is 0 Å². The summed E-state index contributed by atoms with van der Waals surface area (Å²) in [4.78, 5) is 8.45. The average molecular weight is 294 g/mol. The maximum atomic E-state index is 4.46. The largest absolute Gasteiger partial charge is 0.293 e. The van der Waals surface area contributed by atoms with E-state index in [-0.39, 0.29) is 0 Å². The minimum Gasteiger partial charge on any atom is -0.293 e. The maximum Gasteiger partial charge on any atom is 0.0830 e. The Morgan fingerprint density at radius 2 is 1.18 bits per heavy atom. The Kier molecular flexibility index (Phi) is 4.71. The van der Waals surface area contributed by atoms with Crippen molar-refractivity contribution in [2.45, 2.75) is 0 Å². The lowest BCUT2D eigenvalue weighted by Gasteiger charge is -2.30. The first-order chi connectivity index (χ1) is 10.9. The van der Waals surface area contributed by atoms with Crippen LogP contribution in [0.5, 0.6) is 0 Å². The van der Waals surface area contributed by atoms with E-state index >= 15 is 0 Å². The second kappa shape index (κ2) is 7.31. The van der Waals surface area contributed by atoms with Crippen LogP contribution in [-0.4, -0.2) is 58.6 Å². The molecular weight excluding hydrogens is 276 g/mol. The quantitative estimate of drug-likeness (QED) is 0.801. The number of rotatable bonds is 4. The molecule has 6 heteroatoms. The van der Waals surface area contributed by atoms with Gasteiger partial charge in [0.15, 0.2) is 0 Å². The molecule has 0 atom stereocenters. The molecule has 1 aliphatic rings. The molecule has 0 N–H and O–H groups in total. The van der Waals surface area contributed by atoms with Gasteiger partial charge in [0.05, 0.1) is 50.0 Å². The Labute approximate surface area is 129 Å². The molecule has 0 spiro atoms. The van der Waals surface area contributed by atoms with E-state index in [1.165, 1.54) is 0 Å². The summed E-state index contributed by atoms with van der Waals surface area (Å²) in [5, 5.41) is 13.0. The van der Waals surface area contributed by atoms with Crippen LogP contribution >= 0.6 is 0 Å². The van der Waals surface area contributed by atoms with Crippen molar-refractivity contribution >= 4 is 12.4 Å². The first-order valence-electron chi connectivity index (χ1n) is 7.30. The fraction of sp³-hybridized carbons (Fsp3) is 0.250. The highest BCUT2D eigenvalue weighted by molar-refractivity contribution is 5.76. The molecule has 1 fully saturated rings. The van der Waals surface area contributed by atoms with Gasteiger partial charge in [-0.2, -0.15) is 10.2 Å². The van der Waals surface area contributed by atoms with Crippen LogP contribution < -0.4 is 0 Å². The van der Waals surface area contributed by atoms with Gasteiger partial charge < -0.3 is 0 Å². The van der Waals surface area contributed by atoms with Crippen molar-refractivity contribution in [2.24, 2.45) is 10.2 Å². The molecule has 1 saturated heterocycles. The van der Waals surface area contributed by atoms with Crippen LogP contribution in [-0.2, 0) is 0 Å². The SMILES string of the molecule is C(=N\N1CCN(/N=C/c2ccccn2)CC1)/c1ccccn1. The Morgan fingerprint density at radius 3 is 1.55 bits per heavy atom. The van der Waals surface area contributed by atoms with Crippen LogP contribution in [0.15, 0.2) is 59.0 Å². The van der Waals surface area contributed by atoms with E-state index in [9.17, 15) is 0 Å². The molecule has 112 valence electrons. The molecule has 0 radical (unpaired) electrons. The number of hydrogen-bond acceptors (Lipinski definition) is 6. The highest BCUT2D eigenvalue weighted by Crippen LogP contribution is 2.03. The van der Waals surface area contributed by atoms with E-state index in [0.717, 1.165) is 37.6 Å². The number of hydrogen-bond donors (Lipinski definition) is 0. The van der Waals surface area contributed by atoms with Crippen molar-refractivity contribution in [3.8, 4) is 0 Å². The van der Waals surface area contributed by atoms with E-state index in [1.807, 2.05) is 46.4 Å². The van der Waals surface area contributed by atoms with Crippen LogP contribution in [0.4, 0.5) is 0 Å². The van der Waals surface area contributed by atoms with Crippen LogP contribution in [0.3, 0.4) is 0 Å². The van der Waals surface area contributed by atoms with Gasteiger partial charge in [-0.05, 0) is 24.3 Å². The fourth-order valence-electron chi connectivity index (χ4n) is 2.10. The highest BCUT2D eigenvalue weighted by atomic mass is 15.5. The normalized spacial score (nSPS) is 15.8. The number of pyridine rings is 2. The Morgan fingerprint density at radius 1 is 0.727 bits per heavy atom. The van der Waals surface area contributed by atoms with Crippen molar-refractivity contribution in [1.29, 1.82) is 0 Å². The lowest BCUT2D eigenvalue weighted by atomic mass is 10.4. The van der Waals surface area contributed by atoms with Crippen molar-refractivity contribution < 1.29 is 0 Å². The Bertz CT molecular complexity index is 560. The molecule has 0 bridgehead atoms. The van der Waals surface area contributed by atoms with E-state index in [4.69, 9.17) is 0 Å². The number of nitrogens with zero attached hydrogens (tertiary/aromatic N) is 6. The smallest absolute Gasteiger partial charge is 0.0830 e. The van der Waals surface area contributed by atoms with Gasteiger partial charge in [-0.25, -0.2) is 0 Å². The van der Waals surface area contributed by atoms with Crippen molar-refractivity contribution in [3.63, 3.8) is 0 Å². The Balaban J connectivity index is 1.48.